The van der Waals surface area contributed by atoms with E-state index in [4.69, 9.17) is 4.74 Å². The lowest BCUT2D eigenvalue weighted by molar-refractivity contribution is -0.136. The Balaban J connectivity index is 1.22. The zero-order chi connectivity index (χ0) is 25.6. The molecule has 1 saturated heterocycles. The molecule has 0 unspecified atom stereocenters. The van der Waals surface area contributed by atoms with Crippen molar-refractivity contribution in [3.05, 3.63) is 96.1 Å². The van der Waals surface area contributed by atoms with Crippen LogP contribution in [0.2, 0.25) is 0 Å². The number of aromatic amines is 1. The van der Waals surface area contributed by atoms with Crippen LogP contribution >= 0.6 is 0 Å². The van der Waals surface area contributed by atoms with Crippen molar-refractivity contribution in [1.29, 1.82) is 0 Å². The highest BCUT2D eigenvalue weighted by Crippen LogP contribution is 2.31. The van der Waals surface area contributed by atoms with Crippen molar-refractivity contribution in [1.82, 2.24) is 14.8 Å². The van der Waals surface area contributed by atoms with Crippen molar-refractivity contribution in [3.8, 4) is 17.0 Å². The third kappa shape index (κ3) is 5.59. The monoisotopic (exact) mass is 493 g/mol. The van der Waals surface area contributed by atoms with E-state index in [9.17, 15) is 9.59 Å². The van der Waals surface area contributed by atoms with E-state index in [1.165, 1.54) is 0 Å². The Bertz CT molecular complexity index is 1400. The maximum atomic E-state index is 13.3. The van der Waals surface area contributed by atoms with Gasteiger partial charge in [-0.25, -0.2) is 0 Å². The standard InChI is InChI=1S/C31H31N3O3/c1-2-37-25-15-12-23(13-16-25)14-17-29(35)33-18-20-34(21-19-33)30(36)22-27-26-10-6-7-11-28(26)32-31(27)24-8-4-3-5-9-24/h3-17,32H,2,18-22H2,1H3/b17-14+. The lowest BCUT2D eigenvalue weighted by Crippen LogP contribution is -2.50. The van der Waals surface area contributed by atoms with Crippen LogP contribution in [0.3, 0.4) is 0 Å². The van der Waals surface area contributed by atoms with Crippen LogP contribution in [-0.4, -0.2) is 59.4 Å². The molecule has 1 aromatic heterocycles. The second kappa shape index (κ2) is 11.2. The summed E-state index contributed by atoms with van der Waals surface area (Å²) in [6.07, 6.45) is 3.74. The number of piperazine rings is 1. The number of rotatable bonds is 7. The van der Waals surface area contributed by atoms with Gasteiger partial charge in [0.25, 0.3) is 0 Å². The van der Waals surface area contributed by atoms with E-state index in [0.29, 0.717) is 39.2 Å². The zero-order valence-electron chi connectivity index (χ0n) is 21.0. The van der Waals surface area contributed by atoms with E-state index < -0.39 is 0 Å². The molecular weight excluding hydrogens is 462 g/mol. The Morgan fingerprint density at radius 3 is 2.27 bits per heavy atom. The number of aromatic nitrogens is 1. The number of hydrogen-bond acceptors (Lipinski definition) is 3. The summed E-state index contributed by atoms with van der Waals surface area (Å²) in [5, 5.41) is 1.07. The molecule has 1 aliphatic heterocycles. The maximum absolute atomic E-state index is 13.3. The molecule has 6 nitrogen and oxygen atoms in total. The van der Waals surface area contributed by atoms with Crippen LogP contribution in [0.4, 0.5) is 0 Å². The summed E-state index contributed by atoms with van der Waals surface area (Å²) in [7, 11) is 0. The molecule has 0 atom stereocenters. The molecule has 4 aromatic rings. The number of amides is 2. The van der Waals surface area contributed by atoms with Crippen molar-refractivity contribution >= 4 is 28.8 Å². The first-order valence-corrected chi connectivity index (χ1v) is 12.7. The number of H-pyrrole nitrogens is 1. The molecule has 2 amide bonds. The summed E-state index contributed by atoms with van der Waals surface area (Å²) in [4.78, 5) is 33.2. The van der Waals surface area contributed by atoms with E-state index >= 15 is 0 Å². The summed E-state index contributed by atoms with van der Waals surface area (Å²) in [5.74, 6) is 0.859. The minimum absolute atomic E-state index is 0.0380. The molecule has 1 N–H and O–H groups in total. The predicted molar refractivity (Wildman–Crippen MR) is 147 cm³/mol. The SMILES string of the molecule is CCOc1ccc(/C=C/C(=O)N2CCN(C(=O)Cc3c(-c4ccccc4)[nH]c4ccccc34)CC2)cc1. The van der Waals surface area contributed by atoms with Gasteiger partial charge in [-0.15, -0.1) is 0 Å². The zero-order valence-corrected chi connectivity index (χ0v) is 21.0. The second-order valence-electron chi connectivity index (χ2n) is 9.11. The number of para-hydroxylation sites is 1. The number of ether oxygens (including phenoxy) is 1. The highest BCUT2D eigenvalue weighted by atomic mass is 16.5. The van der Waals surface area contributed by atoms with E-state index in [1.54, 1.807) is 11.0 Å². The van der Waals surface area contributed by atoms with Crippen LogP contribution in [0.5, 0.6) is 5.75 Å². The van der Waals surface area contributed by atoms with Crippen LogP contribution < -0.4 is 4.74 Å². The predicted octanol–water partition coefficient (Wildman–Crippen LogP) is 5.16. The Hall–Kier alpha value is -4.32. The fourth-order valence-electron chi connectivity index (χ4n) is 4.79. The van der Waals surface area contributed by atoms with Crippen LogP contribution in [-0.2, 0) is 16.0 Å². The molecule has 2 heterocycles. The smallest absolute Gasteiger partial charge is 0.246 e. The van der Waals surface area contributed by atoms with E-state index in [2.05, 4.69) is 23.2 Å². The van der Waals surface area contributed by atoms with Gasteiger partial charge in [0.05, 0.1) is 18.7 Å². The molecule has 0 radical (unpaired) electrons. The van der Waals surface area contributed by atoms with Gasteiger partial charge in [-0.2, -0.15) is 0 Å². The average molecular weight is 494 g/mol. The number of nitrogens with zero attached hydrogens (tertiary/aromatic N) is 2. The fraction of sp³-hybridized carbons (Fsp3) is 0.226. The van der Waals surface area contributed by atoms with Gasteiger partial charge >= 0.3 is 0 Å². The van der Waals surface area contributed by atoms with E-state index in [1.807, 2.05) is 78.6 Å². The molecule has 5 rings (SSSR count). The van der Waals surface area contributed by atoms with Gasteiger partial charge in [0, 0.05) is 43.2 Å². The Morgan fingerprint density at radius 2 is 1.54 bits per heavy atom. The topological polar surface area (TPSA) is 65.6 Å². The van der Waals surface area contributed by atoms with E-state index in [0.717, 1.165) is 39.0 Å². The van der Waals surface area contributed by atoms with Crippen molar-refractivity contribution in [2.45, 2.75) is 13.3 Å². The average Bonchev–Trinajstić information content (AvgIpc) is 3.31. The summed E-state index contributed by atoms with van der Waals surface area (Å²) in [6, 6.07) is 25.9. The van der Waals surface area contributed by atoms with Crippen LogP contribution in [0.15, 0.2) is 84.9 Å². The molecule has 0 spiro atoms. The summed E-state index contributed by atoms with van der Waals surface area (Å²) in [5.41, 5.74) is 5.04. The number of fused-ring (bicyclic) bond motifs is 1. The molecule has 1 aliphatic rings. The highest BCUT2D eigenvalue weighted by molar-refractivity contribution is 5.95. The summed E-state index contributed by atoms with van der Waals surface area (Å²) in [6.45, 7) is 4.69. The lowest BCUT2D eigenvalue weighted by Gasteiger charge is -2.34. The molecule has 0 bridgehead atoms. The Kier molecular flexibility index (Phi) is 7.36. The van der Waals surface area contributed by atoms with Gasteiger partial charge in [-0.1, -0.05) is 60.7 Å². The summed E-state index contributed by atoms with van der Waals surface area (Å²) < 4.78 is 5.46. The van der Waals surface area contributed by atoms with Crippen molar-refractivity contribution < 1.29 is 14.3 Å². The van der Waals surface area contributed by atoms with Gasteiger partial charge in [-0.05, 0) is 47.9 Å². The maximum Gasteiger partial charge on any atom is 0.246 e. The molecule has 0 saturated carbocycles. The molecule has 37 heavy (non-hydrogen) atoms. The largest absolute Gasteiger partial charge is 0.494 e. The first-order chi connectivity index (χ1) is 18.1. The Morgan fingerprint density at radius 1 is 0.865 bits per heavy atom. The molecule has 188 valence electrons. The number of hydrogen-bond donors (Lipinski definition) is 1. The molecule has 1 fully saturated rings. The Labute approximate surface area is 217 Å². The van der Waals surface area contributed by atoms with Crippen molar-refractivity contribution in [3.63, 3.8) is 0 Å². The lowest BCUT2D eigenvalue weighted by atomic mass is 10.0. The van der Waals surface area contributed by atoms with Crippen LogP contribution in [0.25, 0.3) is 28.2 Å². The highest BCUT2D eigenvalue weighted by Gasteiger charge is 2.25. The first-order valence-electron chi connectivity index (χ1n) is 12.7. The third-order valence-electron chi connectivity index (χ3n) is 6.76. The number of carbonyl (C=O) groups is 2. The minimum atomic E-state index is -0.0380. The van der Waals surface area contributed by atoms with Gasteiger partial charge in [-0.3, -0.25) is 9.59 Å². The number of carbonyl (C=O) groups excluding carboxylic acids is 2. The normalized spacial score (nSPS) is 13.9. The van der Waals surface area contributed by atoms with Gasteiger partial charge in [0.2, 0.25) is 11.8 Å². The van der Waals surface area contributed by atoms with Crippen LogP contribution in [0.1, 0.15) is 18.1 Å². The second-order valence-corrected chi connectivity index (χ2v) is 9.11. The third-order valence-corrected chi connectivity index (χ3v) is 6.76. The minimum Gasteiger partial charge on any atom is -0.494 e. The number of benzene rings is 3. The van der Waals surface area contributed by atoms with Crippen molar-refractivity contribution in [2.24, 2.45) is 0 Å². The van der Waals surface area contributed by atoms with E-state index in [-0.39, 0.29) is 11.8 Å². The molecule has 0 aliphatic carbocycles. The fourth-order valence-corrected chi connectivity index (χ4v) is 4.79. The quantitative estimate of drug-likeness (QED) is 0.362. The molecular formula is C31H31N3O3. The number of nitrogens with one attached hydrogen (secondary N) is 1. The van der Waals surface area contributed by atoms with Gasteiger partial charge < -0.3 is 19.5 Å². The van der Waals surface area contributed by atoms with Gasteiger partial charge in [0.15, 0.2) is 0 Å². The first kappa shape index (κ1) is 24.4. The van der Waals surface area contributed by atoms with Crippen molar-refractivity contribution in [2.75, 3.05) is 32.8 Å². The van der Waals surface area contributed by atoms with Crippen LogP contribution in [0, 0.1) is 0 Å². The molecule has 6 heteroatoms. The van der Waals surface area contributed by atoms with Gasteiger partial charge in [0.1, 0.15) is 5.75 Å². The summed E-state index contributed by atoms with van der Waals surface area (Å²) >= 11 is 0. The molecule has 3 aromatic carbocycles.